The molecule has 3 heterocycles. The van der Waals surface area contributed by atoms with E-state index in [9.17, 15) is 29.6 Å². The minimum Gasteiger partial charge on any atom is -0.457 e. The number of ether oxygens (including phenoxy) is 4. The molecule has 7 rings (SSSR count). The highest BCUT2D eigenvalue weighted by Gasteiger charge is 2.40. The van der Waals surface area contributed by atoms with Gasteiger partial charge in [0.25, 0.3) is 5.69 Å². The summed E-state index contributed by atoms with van der Waals surface area (Å²) < 4.78 is 24.3. The summed E-state index contributed by atoms with van der Waals surface area (Å²) in [6.07, 6.45) is 1.75. The molecule has 296 valence electrons. The van der Waals surface area contributed by atoms with Gasteiger partial charge < -0.3 is 29.4 Å². The summed E-state index contributed by atoms with van der Waals surface area (Å²) in [5.41, 5.74) is 5.86. The topological polar surface area (TPSA) is 219 Å². The average molecular weight is 780 g/mol. The fraction of sp³-hybridized carbons (Fsp3) is 0.350. The summed E-state index contributed by atoms with van der Waals surface area (Å²) in [5, 5.41) is 26.1. The van der Waals surface area contributed by atoms with Crippen LogP contribution in [0.5, 0.6) is 0 Å². The monoisotopic (exact) mass is 779 g/mol. The first-order valence-electron chi connectivity index (χ1n) is 18.7. The van der Waals surface area contributed by atoms with Crippen molar-refractivity contribution in [3.8, 4) is 11.1 Å². The summed E-state index contributed by atoms with van der Waals surface area (Å²) in [5.74, 6) is -0.375. The average Bonchev–Trinajstić information content (AvgIpc) is 3.92. The highest BCUT2D eigenvalue weighted by atomic mass is 16.6. The molecule has 1 aliphatic heterocycles. The highest BCUT2D eigenvalue weighted by Crippen LogP contribution is 2.44. The minimum atomic E-state index is -0.853. The van der Waals surface area contributed by atoms with E-state index in [0.29, 0.717) is 37.9 Å². The number of hydrogen-bond acceptors (Lipinski definition) is 13. The number of aromatic nitrogens is 4. The number of amides is 2. The molecule has 1 fully saturated rings. The molecule has 0 spiro atoms. The van der Waals surface area contributed by atoms with E-state index in [1.54, 1.807) is 16.7 Å². The van der Waals surface area contributed by atoms with Crippen molar-refractivity contribution < 1.29 is 43.4 Å². The van der Waals surface area contributed by atoms with E-state index in [0.717, 1.165) is 27.8 Å². The van der Waals surface area contributed by atoms with Crippen molar-refractivity contribution in [2.45, 2.75) is 62.9 Å². The van der Waals surface area contributed by atoms with E-state index in [1.807, 2.05) is 24.3 Å². The number of carbonyl (C=O) groups excluding carboxylic acids is 3. The number of aliphatic hydroxyl groups excluding tert-OH is 1. The smallest absolute Gasteiger partial charge is 0.412 e. The molecule has 2 aliphatic rings. The Kier molecular flexibility index (Phi) is 12.2. The largest absolute Gasteiger partial charge is 0.457 e. The lowest BCUT2D eigenvalue weighted by Gasteiger charge is -2.20. The Morgan fingerprint density at radius 3 is 2.37 bits per heavy atom. The SMILES string of the molecule is O=C(CCCCCNC(=O)OCC1c2ccccc2-c2ccccc21)O[C@@H]1C[C@@H](CO)O[C@H]1n1cnc2c(NC(=O)OCCc3ccc([N+](=O)[O-])cc3)ncnc21. The molecule has 5 aromatic rings. The first kappa shape index (κ1) is 38.8. The van der Waals surface area contributed by atoms with Crippen LogP contribution < -0.4 is 10.6 Å². The molecule has 0 unspecified atom stereocenters. The van der Waals surface area contributed by atoms with Gasteiger partial charge in [0, 0.05) is 43.9 Å². The Hall–Kier alpha value is -6.46. The zero-order chi connectivity index (χ0) is 39.7. The molecular weight excluding hydrogens is 738 g/mol. The van der Waals surface area contributed by atoms with Gasteiger partial charge in [0.1, 0.15) is 19.0 Å². The van der Waals surface area contributed by atoms with E-state index in [1.165, 1.54) is 24.8 Å². The number of unbranched alkanes of at least 4 members (excludes halogenated alkanes) is 2. The number of nitro benzene ring substituents is 1. The number of imidazole rings is 1. The van der Waals surface area contributed by atoms with E-state index in [2.05, 4.69) is 49.9 Å². The predicted molar refractivity (Wildman–Crippen MR) is 204 cm³/mol. The Bertz CT molecular complexity index is 2180. The first-order chi connectivity index (χ1) is 27.8. The maximum absolute atomic E-state index is 12.9. The van der Waals surface area contributed by atoms with Crippen LogP contribution >= 0.6 is 0 Å². The van der Waals surface area contributed by atoms with Gasteiger partial charge in [-0.3, -0.25) is 24.8 Å². The van der Waals surface area contributed by atoms with Gasteiger partial charge in [-0.2, -0.15) is 0 Å². The van der Waals surface area contributed by atoms with Gasteiger partial charge in [-0.05, 0) is 40.7 Å². The van der Waals surface area contributed by atoms with E-state index in [-0.39, 0.29) is 55.6 Å². The number of fused-ring (bicyclic) bond motifs is 4. The van der Waals surface area contributed by atoms with Crippen molar-refractivity contribution in [1.29, 1.82) is 0 Å². The van der Waals surface area contributed by atoms with Crippen molar-refractivity contribution >= 4 is 40.8 Å². The molecular formula is C40H41N7O10. The summed E-state index contributed by atoms with van der Waals surface area (Å²) in [4.78, 5) is 61.2. The molecule has 57 heavy (non-hydrogen) atoms. The summed E-state index contributed by atoms with van der Waals surface area (Å²) in [6, 6.07) is 22.3. The van der Waals surface area contributed by atoms with Gasteiger partial charge in [-0.1, -0.05) is 67.1 Å². The maximum atomic E-state index is 12.9. The number of benzene rings is 3. The predicted octanol–water partition coefficient (Wildman–Crippen LogP) is 5.82. The highest BCUT2D eigenvalue weighted by molar-refractivity contribution is 5.93. The fourth-order valence-corrected chi connectivity index (χ4v) is 7.13. The minimum absolute atomic E-state index is 0.00993. The van der Waals surface area contributed by atoms with Crippen LogP contribution in [-0.2, 0) is 30.2 Å². The van der Waals surface area contributed by atoms with E-state index >= 15 is 0 Å². The molecule has 0 bridgehead atoms. The van der Waals surface area contributed by atoms with Gasteiger partial charge in [0.15, 0.2) is 23.2 Å². The number of aliphatic hydroxyl groups is 1. The third kappa shape index (κ3) is 9.16. The van der Waals surface area contributed by atoms with Crippen molar-refractivity contribution in [3.63, 3.8) is 0 Å². The molecule has 17 heteroatoms. The van der Waals surface area contributed by atoms with Crippen LogP contribution in [0, 0.1) is 10.1 Å². The van der Waals surface area contributed by atoms with Gasteiger partial charge in [0.2, 0.25) is 0 Å². The third-order valence-corrected chi connectivity index (χ3v) is 9.93. The Morgan fingerprint density at radius 1 is 0.912 bits per heavy atom. The number of anilines is 1. The zero-order valence-electron chi connectivity index (χ0n) is 30.8. The Morgan fingerprint density at radius 2 is 1.65 bits per heavy atom. The first-order valence-corrected chi connectivity index (χ1v) is 18.7. The van der Waals surface area contributed by atoms with Gasteiger partial charge in [0.05, 0.1) is 30.6 Å². The second-order valence-electron chi connectivity index (χ2n) is 13.6. The summed E-state index contributed by atoms with van der Waals surface area (Å²) in [7, 11) is 0. The molecule has 0 radical (unpaired) electrons. The molecule has 1 aliphatic carbocycles. The van der Waals surface area contributed by atoms with Gasteiger partial charge in [-0.25, -0.2) is 24.5 Å². The maximum Gasteiger partial charge on any atom is 0.412 e. The summed E-state index contributed by atoms with van der Waals surface area (Å²) in [6.45, 7) is 0.352. The molecule has 2 aromatic heterocycles. The number of alkyl carbamates (subject to hydrolysis) is 1. The number of nitro groups is 1. The van der Waals surface area contributed by atoms with Crippen LogP contribution in [0.3, 0.4) is 0 Å². The number of esters is 1. The normalized spacial score (nSPS) is 17.1. The number of nitrogens with zero attached hydrogens (tertiary/aromatic N) is 5. The van der Waals surface area contributed by atoms with Crippen LogP contribution in [0.4, 0.5) is 21.1 Å². The molecule has 17 nitrogen and oxygen atoms in total. The van der Waals surface area contributed by atoms with Gasteiger partial charge >= 0.3 is 18.2 Å². The third-order valence-electron chi connectivity index (χ3n) is 9.93. The molecule has 1 saturated heterocycles. The molecule has 0 saturated carbocycles. The van der Waals surface area contributed by atoms with E-state index < -0.39 is 41.5 Å². The lowest BCUT2D eigenvalue weighted by molar-refractivity contribution is -0.384. The van der Waals surface area contributed by atoms with Crippen molar-refractivity contribution in [2.75, 3.05) is 31.7 Å². The lowest BCUT2D eigenvalue weighted by atomic mass is 9.98. The quantitative estimate of drug-likeness (QED) is 0.0354. The van der Waals surface area contributed by atoms with Gasteiger partial charge in [-0.15, -0.1) is 0 Å². The fourth-order valence-electron chi connectivity index (χ4n) is 7.13. The van der Waals surface area contributed by atoms with Crippen molar-refractivity contribution in [3.05, 3.63) is 112 Å². The Labute approximate surface area is 326 Å². The standard InChI is InChI=1S/C40H41N7O10/c48-21-27-20-33(57-34(49)12-2-1-7-18-41-39(50)55-22-32-30-10-5-3-8-28(30)29-9-4-6-11-31(29)32)38(56-27)46-24-44-35-36(42-23-43-37(35)46)45-40(51)54-19-17-25-13-15-26(16-14-25)47(52)53/h3-6,8-11,13-16,23-24,27,32-33,38,48H,1-2,7,12,17-22H2,(H,41,50)(H,42,43,45,51)/t27-,33+,38+/m0/s1. The van der Waals surface area contributed by atoms with Crippen LogP contribution in [-0.4, -0.2) is 86.3 Å². The Balaban J connectivity index is 0.844. The van der Waals surface area contributed by atoms with Crippen LogP contribution in [0.1, 0.15) is 60.9 Å². The number of carbonyl (C=O) groups is 3. The number of non-ortho nitro benzene ring substituents is 1. The second kappa shape index (κ2) is 18.0. The van der Waals surface area contributed by atoms with Crippen LogP contribution in [0.15, 0.2) is 85.5 Å². The van der Waals surface area contributed by atoms with E-state index in [4.69, 9.17) is 18.9 Å². The molecule has 3 atom stereocenters. The molecule has 3 aromatic carbocycles. The number of nitrogens with one attached hydrogen (secondary N) is 2. The van der Waals surface area contributed by atoms with Crippen LogP contribution in [0.25, 0.3) is 22.3 Å². The summed E-state index contributed by atoms with van der Waals surface area (Å²) >= 11 is 0. The molecule has 3 N–H and O–H groups in total. The molecule has 2 amide bonds. The zero-order valence-corrected chi connectivity index (χ0v) is 30.8. The number of rotatable bonds is 16. The van der Waals surface area contributed by atoms with Crippen molar-refractivity contribution in [1.82, 2.24) is 24.8 Å². The van der Waals surface area contributed by atoms with Crippen LogP contribution in [0.2, 0.25) is 0 Å². The lowest BCUT2D eigenvalue weighted by Crippen LogP contribution is -2.27. The van der Waals surface area contributed by atoms with Crippen molar-refractivity contribution in [2.24, 2.45) is 0 Å². The second-order valence-corrected chi connectivity index (χ2v) is 13.6. The number of hydrogen-bond donors (Lipinski definition) is 3.